The van der Waals surface area contributed by atoms with E-state index in [4.69, 9.17) is 17.5 Å². The van der Waals surface area contributed by atoms with E-state index in [-0.39, 0.29) is 0 Å². The lowest BCUT2D eigenvalue weighted by atomic mass is 10.2. The Balaban J connectivity index is 1.97. The fourth-order valence-electron chi connectivity index (χ4n) is 2.23. The Bertz CT molecular complexity index is 840. The fraction of sp³-hybridized carbons (Fsp3) is 0.133. The number of hydrogen-bond donors (Lipinski definition) is 1. The van der Waals surface area contributed by atoms with Gasteiger partial charge in [-0.3, -0.25) is 4.98 Å². The Hall–Kier alpha value is -2.45. The molecule has 0 aliphatic heterocycles. The normalized spacial score (nSPS) is 10.6. The van der Waals surface area contributed by atoms with Crippen LogP contribution in [0.25, 0.3) is 11.0 Å². The molecule has 3 rings (SSSR count). The zero-order valence-electron chi connectivity index (χ0n) is 10.7. The maximum absolute atomic E-state index is 9.00. The van der Waals surface area contributed by atoms with Crippen molar-refractivity contribution in [2.24, 2.45) is 0 Å². The molecule has 2 aromatic heterocycles. The number of rotatable bonds is 3. The number of nitrogens with zero attached hydrogens (tertiary/aromatic N) is 3. The third kappa shape index (κ3) is 2.33. The predicted molar refractivity (Wildman–Crippen MR) is 79.8 cm³/mol. The third-order valence-electron chi connectivity index (χ3n) is 3.28. The van der Waals surface area contributed by atoms with Gasteiger partial charge in [0, 0.05) is 18.9 Å². The van der Waals surface area contributed by atoms with Gasteiger partial charge >= 0.3 is 0 Å². The number of pyridine rings is 1. The number of H-pyrrole nitrogens is 1. The Labute approximate surface area is 121 Å². The quantitative estimate of drug-likeness (QED) is 0.749. The van der Waals surface area contributed by atoms with Crippen molar-refractivity contribution in [2.75, 3.05) is 0 Å². The molecule has 0 saturated heterocycles. The zero-order chi connectivity index (χ0) is 13.9. The van der Waals surface area contributed by atoms with Crippen LogP contribution in [0.4, 0.5) is 0 Å². The van der Waals surface area contributed by atoms with Gasteiger partial charge in [0.15, 0.2) is 4.77 Å². The fourth-order valence-corrected chi connectivity index (χ4v) is 2.53. The minimum Gasteiger partial charge on any atom is -0.331 e. The van der Waals surface area contributed by atoms with Gasteiger partial charge in [-0.25, -0.2) is 0 Å². The van der Waals surface area contributed by atoms with E-state index in [9.17, 15) is 0 Å². The molecule has 98 valence electrons. The molecule has 0 radical (unpaired) electrons. The third-order valence-corrected chi connectivity index (χ3v) is 3.60. The molecule has 0 bridgehead atoms. The molecule has 0 fully saturated rings. The minimum atomic E-state index is 0.643. The van der Waals surface area contributed by atoms with Crippen LogP contribution < -0.4 is 0 Å². The van der Waals surface area contributed by atoms with Gasteiger partial charge in [0.1, 0.15) is 0 Å². The number of aromatic amines is 1. The molecule has 0 aliphatic carbocycles. The summed E-state index contributed by atoms with van der Waals surface area (Å²) in [5, 5.41) is 9.00. The van der Waals surface area contributed by atoms with Gasteiger partial charge in [-0.05, 0) is 54.5 Å². The van der Waals surface area contributed by atoms with Crippen molar-refractivity contribution in [1.29, 1.82) is 5.26 Å². The largest absolute Gasteiger partial charge is 0.331 e. The molecule has 0 aliphatic rings. The zero-order valence-corrected chi connectivity index (χ0v) is 11.5. The molecule has 1 N–H and O–H groups in total. The van der Waals surface area contributed by atoms with E-state index in [1.54, 1.807) is 18.5 Å². The van der Waals surface area contributed by atoms with Crippen molar-refractivity contribution in [3.63, 3.8) is 0 Å². The van der Waals surface area contributed by atoms with Crippen LogP contribution in [0.3, 0.4) is 0 Å². The van der Waals surface area contributed by atoms with Crippen molar-refractivity contribution < 1.29 is 0 Å². The molecule has 0 atom stereocenters. The highest BCUT2D eigenvalue weighted by molar-refractivity contribution is 7.71. The van der Waals surface area contributed by atoms with Crippen LogP contribution in [-0.4, -0.2) is 14.5 Å². The van der Waals surface area contributed by atoms with Crippen molar-refractivity contribution in [3.05, 3.63) is 58.6 Å². The molecule has 0 unspecified atom stereocenters. The Kier molecular flexibility index (Phi) is 3.32. The van der Waals surface area contributed by atoms with Crippen LogP contribution in [0.1, 0.15) is 11.1 Å². The topological polar surface area (TPSA) is 57.4 Å². The first-order valence-corrected chi connectivity index (χ1v) is 6.70. The predicted octanol–water partition coefficient (Wildman–Crippen LogP) is 3.21. The maximum atomic E-state index is 9.00. The number of fused-ring (bicyclic) bond motifs is 1. The standard InChI is InChI=1S/C15H12N4S/c16-10-12-1-2-13-14(9-12)19(15(20)18-13)8-5-11-3-6-17-7-4-11/h1-4,6-7,9H,5,8H2,(H,18,20). The summed E-state index contributed by atoms with van der Waals surface area (Å²) in [5.74, 6) is 0. The van der Waals surface area contributed by atoms with Crippen LogP contribution in [0.15, 0.2) is 42.7 Å². The van der Waals surface area contributed by atoms with E-state index in [0.29, 0.717) is 10.3 Å². The summed E-state index contributed by atoms with van der Waals surface area (Å²) in [6.45, 7) is 0.776. The molecule has 20 heavy (non-hydrogen) atoms. The average molecular weight is 280 g/mol. The van der Waals surface area contributed by atoms with Gasteiger partial charge in [0.25, 0.3) is 0 Å². The first-order valence-electron chi connectivity index (χ1n) is 6.29. The summed E-state index contributed by atoms with van der Waals surface area (Å²) < 4.78 is 2.72. The summed E-state index contributed by atoms with van der Waals surface area (Å²) in [5.41, 5.74) is 3.80. The molecule has 0 spiro atoms. The summed E-state index contributed by atoms with van der Waals surface area (Å²) in [4.78, 5) is 7.18. The Morgan fingerprint density at radius 2 is 2.05 bits per heavy atom. The number of hydrogen-bond acceptors (Lipinski definition) is 3. The lowest BCUT2D eigenvalue weighted by molar-refractivity contribution is 0.706. The second-order valence-corrected chi connectivity index (χ2v) is 4.92. The summed E-state index contributed by atoms with van der Waals surface area (Å²) in [6.07, 6.45) is 4.45. The van der Waals surface area contributed by atoms with E-state index in [1.165, 1.54) is 5.56 Å². The highest BCUT2D eigenvalue weighted by atomic mass is 32.1. The summed E-state index contributed by atoms with van der Waals surface area (Å²) in [6, 6.07) is 11.7. The van der Waals surface area contributed by atoms with Gasteiger partial charge in [0.2, 0.25) is 0 Å². The van der Waals surface area contributed by atoms with Crippen LogP contribution in [-0.2, 0) is 13.0 Å². The number of imidazole rings is 1. The summed E-state index contributed by atoms with van der Waals surface area (Å²) >= 11 is 5.36. The van der Waals surface area contributed by atoms with E-state index in [1.807, 2.05) is 28.8 Å². The van der Waals surface area contributed by atoms with Crippen LogP contribution in [0.5, 0.6) is 0 Å². The molecule has 0 amide bonds. The number of benzene rings is 1. The van der Waals surface area contributed by atoms with Crippen molar-refractivity contribution in [2.45, 2.75) is 13.0 Å². The van der Waals surface area contributed by atoms with Crippen LogP contribution >= 0.6 is 12.2 Å². The molecular weight excluding hydrogens is 268 g/mol. The first-order chi connectivity index (χ1) is 9.78. The minimum absolute atomic E-state index is 0.643. The average Bonchev–Trinajstić information content (AvgIpc) is 2.80. The molecule has 3 aromatic rings. The van der Waals surface area contributed by atoms with Gasteiger partial charge in [-0.1, -0.05) is 0 Å². The van der Waals surface area contributed by atoms with Crippen molar-refractivity contribution in [3.8, 4) is 6.07 Å². The van der Waals surface area contributed by atoms with Crippen molar-refractivity contribution >= 4 is 23.3 Å². The second kappa shape index (κ2) is 5.27. The maximum Gasteiger partial charge on any atom is 0.178 e. The number of aryl methyl sites for hydroxylation is 2. The molecule has 2 heterocycles. The van der Waals surface area contributed by atoms with Gasteiger partial charge in [0.05, 0.1) is 22.7 Å². The number of nitriles is 1. The highest BCUT2D eigenvalue weighted by Crippen LogP contribution is 2.16. The number of aromatic nitrogens is 3. The van der Waals surface area contributed by atoms with E-state index >= 15 is 0 Å². The van der Waals surface area contributed by atoms with Crippen LogP contribution in [0, 0.1) is 16.1 Å². The van der Waals surface area contributed by atoms with Gasteiger partial charge < -0.3 is 9.55 Å². The van der Waals surface area contributed by atoms with E-state index in [2.05, 4.69) is 16.0 Å². The molecule has 0 saturated carbocycles. The number of nitrogens with one attached hydrogen (secondary N) is 1. The second-order valence-electron chi connectivity index (χ2n) is 4.53. The molecule has 4 nitrogen and oxygen atoms in total. The van der Waals surface area contributed by atoms with Gasteiger partial charge in [-0.15, -0.1) is 0 Å². The van der Waals surface area contributed by atoms with Crippen LogP contribution in [0.2, 0.25) is 0 Å². The SMILES string of the molecule is N#Cc1ccc2[nH]c(=S)n(CCc3ccncc3)c2c1. The van der Waals surface area contributed by atoms with E-state index < -0.39 is 0 Å². The van der Waals surface area contributed by atoms with Gasteiger partial charge in [-0.2, -0.15) is 5.26 Å². The van der Waals surface area contributed by atoms with E-state index in [0.717, 1.165) is 24.0 Å². The highest BCUT2D eigenvalue weighted by Gasteiger charge is 2.05. The first kappa shape index (κ1) is 12.6. The Morgan fingerprint density at radius 1 is 1.25 bits per heavy atom. The molecular formula is C15H12N4S. The lowest BCUT2D eigenvalue weighted by Gasteiger charge is -2.04. The Morgan fingerprint density at radius 3 is 2.80 bits per heavy atom. The molecule has 1 aromatic carbocycles. The smallest absolute Gasteiger partial charge is 0.178 e. The van der Waals surface area contributed by atoms with Crippen molar-refractivity contribution in [1.82, 2.24) is 14.5 Å². The summed E-state index contributed by atoms with van der Waals surface area (Å²) in [7, 11) is 0. The molecule has 5 heteroatoms. The monoisotopic (exact) mass is 280 g/mol. The lowest BCUT2D eigenvalue weighted by Crippen LogP contribution is -2.01.